The van der Waals surface area contributed by atoms with Gasteiger partial charge < -0.3 is 24.4 Å². The van der Waals surface area contributed by atoms with E-state index < -0.39 is 11.6 Å². The van der Waals surface area contributed by atoms with Crippen LogP contribution >= 0.6 is 0 Å². The van der Waals surface area contributed by atoms with Crippen LogP contribution in [0.4, 0.5) is 9.59 Å². The van der Waals surface area contributed by atoms with Gasteiger partial charge in [-0.25, -0.2) is 9.59 Å². The number of unbranched alkanes of at least 4 members (excludes halogenated alkanes) is 1. The van der Waals surface area contributed by atoms with Crippen molar-refractivity contribution >= 4 is 12.2 Å². The lowest BCUT2D eigenvalue weighted by Crippen LogP contribution is -2.69. The highest BCUT2D eigenvalue weighted by Crippen LogP contribution is 2.37. The number of rotatable bonds is 7. The average Bonchev–Trinajstić information content (AvgIpc) is 2.84. The van der Waals surface area contributed by atoms with E-state index in [-0.39, 0.29) is 18.2 Å². The van der Waals surface area contributed by atoms with Gasteiger partial charge in [-0.05, 0) is 56.4 Å². The third-order valence-electron chi connectivity index (χ3n) is 7.56. The number of hydrogen-bond acceptors (Lipinski definition) is 5. The summed E-state index contributed by atoms with van der Waals surface area (Å²) in [5.74, 6) is 0.590. The first-order chi connectivity index (χ1) is 16.1. The first-order valence-corrected chi connectivity index (χ1v) is 12.7. The first-order valence-electron chi connectivity index (χ1n) is 12.7. The number of amides is 2. The zero-order valence-electron chi connectivity index (χ0n) is 19.8. The molecule has 3 aliphatic rings. The molecule has 7 nitrogen and oxygen atoms in total. The van der Waals surface area contributed by atoms with Gasteiger partial charge in [0, 0.05) is 13.0 Å². The van der Waals surface area contributed by atoms with Gasteiger partial charge in [-0.1, -0.05) is 43.7 Å². The number of likely N-dealkylation sites (tertiary alicyclic amines) is 1. The second kappa shape index (κ2) is 11.2. The summed E-state index contributed by atoms with van der Waals surface area (Å²) in [6.07, 6.45) is 7.84. The molecule has 7 heteroatoms. The molecule has 3 fully saturated rings. The van der Waals surface area contributed by atoms with Crippen LogP contribution in [0, 0.1) is 0 Å². The summed E-state index contributed by atoms with van der Waals surface area (Å²) in [4.78, 5) is 26.9. The third kappa shape index (κ3) is 5.81. The maximum atomic E-state index is 12.9. The van der Waals surface area contributed by atoms with E-state index in [0.717, 1.165) is 51.4 Å². The molecule has 0 aromatic heterocycles. The van der Waals surface area contributed by atoms with Crippen molar-refractivity contribution in [3.8, 4) is 0 Å². The van der Waals surface area contributed by atoms with Gasteiger partial charge in [-0.3, -0.25) is 0 Å². The Morgan fingerprint density at radius 1 is 1.18 bits per heavy atom. The Labute approximate surface area is 197 Å². The molecule has 1 aromatic rings. The highest BCUT2D eigenvalue weighted by atomic mass is 16.6. The van der Waals surface area contributed by atoms with E-state index in [0.29, 0.717) is 38.7 Å². The molecular formula is C26H38N2O5. The number of ether oxygens (including phenoxy) is 3. The summed E-state index contributed by atoms with van der Waals surface area (Å²) in [6, 6.07) is 10.5. The highest BCUT2D eigenvalue weighted by molar-refractivity contribution is 5.71. The van der Waals surface area contributed by atoms with Gasteiger partial charge in [0.1, 0.15) is 0 Å². The lowest BCUT2D eigenvalue weighted by molar-refractivity contribution is -0.0613. The van der Waals surface area contributed by atoms with Crippen molar-refractivity contribution in [2.75, 3.05) is 26.4 Å². The maximum Gasteiger partial charge on any atom is 0.410 e. The molecule has 1 aromatic carbocycles. The first kappa shape index (κ1) is 23.9. The topological polar surface area (TPSA) is 77.1 Å². The van der Waals surface area contributed by atoms with E-state index in [9.17, 15) is 9.59 Å². The number of nitrogens with zero attached hydrogens (tertiary/aromatic N) is 1. The quantitative estimate of drug-likeness (QED) is 0.582. The number of cyclic esters (lactones) is 1. The lowest BCUT2D eigenvalue weighted by Gasteiger charge is -2.51. The van der Waals surface area contributed by atoms with Crippen LogP contribution in [-0.2, 0) is 14.2 Å². The predicted molar refractivity (Wildman–Crippen MR) is 125 cm³/mol. The van der Waals surface area contributed by atoms with Crippen LogP contribution in [0.2, 0.25) is 0 Å². The van der Waals surface area contributed by atoms with E-state index in [1.807, 2.05) is 0 Å². The van der Waals surface area contributed by atoms with Gasteiger partial charge >= 0.3 is 12.2 Å². The second-order valence-corrected chi connectivity index (χ2v) is 9.67. The molecule has 182 valence electrons. The largest absolute Gasteiger partial charge is 0.449 e. The maximum absolute atomic E-state index is 12.9. The standard InChI is InChI=1S/C26H38N2O5/c1-2-3-17-32-25(30)28-16-7-14-26(15-18-31-24(29)27-26)23(28)19-33-22-12-10-21(11-13-22)20-8-5-4-6-9-20/h4-6,8-9,21-23H,2-3,7,10-19H2,1H3,(H,27,29)/t21-,22+,23-,26+/m0/s1. The Morgan fingerprint density at radius 3 is 2.70 bits per heavy atom. The van der Waals surface area contributed by atoms with Crippen molar-refractivity contribution in [2.45, 2.75) is 88.3 Å². The summed E-state index contributed by atoms with van der Waals surface area (Å²) in [6.45, 7) is 3.89. The highest BCUT2D eigenvalue weighted by Gasteiger charge is 2.50. The number of nitrogens with one attached hydrogen (secondary N) is 1. The van der Waals surface area contributed by atoms with Crippen LogP contribution < -0.4 is 5.32 Å². The Morgan fingerprint density at radius 2 is 1.97 bits per heavy atom. The fourth-order valence-corrected chi connectivity index (χ4v) is 5.62. The molecule has 0 radical (unpaired) electrons. The number of piperidine rings is 1. The van der Waals surface area contributed by atoms with Crippen molar-refractivity contribution in [1.82, 2.24) is 10.2 Å². The Bertz CT molecular complexity index is 776. The van der Waals surface area contributed by atoms with E-state index in [4.69, 9.17) is 14.2 Å². The molecule has 2 atom stereocenters. The second-order valence-electron chi connectivity index (χ2n) is 9.67. The zero-order chi connectivity index (χ0) is 23.1. The van der Waals surface area contributed by atoms with Crippen molar-refractivity contribution < 1.29 is 23.8 Å². The normalized spacial score (nSPS) is 29.9. The lowest BCUT2D eigenvalue weighted by atomic mass is 9.78. The molecular weight excluding hydrogens is 420 g/mol. The van der Waals surface area contributed by atoms with Gasteiger partial charge in [0.25, 0.3) is 0 Å². The van der Waals surface area contributed by atoms with Crippen LogP contribution in [0.1, 0.15) is 76.2 Å². The third-order valence-corrected chi connectivity index (χ3v) is 7.56. The SMILES string of the molecule is CCCCOC(=O)N1CCC[C@@]2(CCOC(=O)N2)[C@@H]1CO[C@H]1CC[C@@H](c2ccccc2)CC1. The Balaban J connectivity index is 1.39. The molecule has 2 saturated heterocycles. The minimum absolute atomic E-state index is 0.178. The molecule has 4 rings (SSSR count). The number of alkyl carbamates (subject to hydrolysis) is 1. The zero-order valence-corrected chi connectivity index (χ0v) is 19.8. The van der Waals surface area contributed by atoms with Gasteiger partial charge in [0.05, 0.1) is 37.5 Å². The predicted octanol–water partition coefficient (Wildman–Crippen LogP) is 5.00. The Kier molecular flexibility index (Phi) is 8.12. The molecule has 1 N–H and O–H groups in total. The van der Waals surface area contributed by atoms with Crippen LogP contribution in [-0.4, -0.2) is 61.1 Å². The molecule has 2 aliphatic heterocycles. The minimum Gasteiger partial charge on any atom is -0.449 e. The molecule has 1 saturated carbocycles. The van der Waals surface area contributed by atoms with E-state index >= 15 is 0 Å². The minimum atomic E-state index is -0.515. The van der Waals surface area contributed by atoms with Crippen LogP contribution in [0.5, 0.6) is 0 Å². The molecule has 0 unspecified atom stereocenters. The number of carbonyl (C=O) groups is 2. The van der Waals surface area contributed by atoms with Crippen molar-refractivity contribution in [3.63, 3.8) is 0 Å². The van der Waals surface area contributed by atoms with Crippen LogP contribution in [0.15, 0.2) is 30.3 Å². The van der Waals surface area contributed by atoms with Gasteiger partial charge in [0.15, 0.2) is 0 Å². The van der Waals surface area contributed by atoms with Crippen molar-refractivity contribution in [3.05, 3.63) is 35.9 Å². The molecule has 1 spiro atoms. The Hall–Kier alpha value is -2.28. The fourth-order valence-electron chi connectivity index (χ4n) is 5.62. The van der Waals surface area contributed by atoms with E-state index in [2.05, 4.69) is 42.6 Å². The molecule has 2 amide bonds. The number of carbonyl (C=O) groups excluding carboxylic acids is 2. The van der Waals surface area contributed by atoms with Crippen molar-refractivity contribution in [2.24, 2.45) is 0 Å². The summed E-state index contributed by atoms with van der Waals surface area (Å²) >= 11 is 0. The summed E-state index contributed by atoms with van der Waals surface area (Å²) in [5.41, 5.74) is 0.895. The van der Waals surface area contributed by atoms with Gasteiger partial charge in [-0.15, -0.1) is 0 Å². The molecule has 2 heterocycles. The van der Waals surface area contributed by atoms with Crippen molar-refractivity contribution in [1.29, 1.82) is 0 Å². The average molecular weight is 459 g/mol. The summed E-state index contributed by atoms with van der Waals surface area (Å²) in [5, 5.41) is 3.06. The summed E-state index contributed by atoms with van der Waals surface area (Å²) < 4.78 is 17.1. The summed E-state index contributed by atoms with van der Waals surface area (Å²) in [7, 11) is 0. The number of hydrogen-bond donors (Lipinski definition) is 1. The van der Waals surface area contributed by atoms with Gasteiger partial charge in [-0.2, -0.15) is 0 Å². The van der Waals surface area contributed by atoms with Crippen LogP contribution in [0.3, 0.4) is 0 Å². The molecule has 0 bridgehead atoms. The van der Waals surface area contributed by atoms with E-state index in [1.165, 1.54) is 5.56 Å². The van der Waals surface area contributed by atoms with E-state index in [1.54, 1.807) is 4.90 Å². The molecule has 1 aliphatic carbocycles. The number of benzene rings is 1. The smallest absolute Gasteiger partial charge is 0.410 e. The monoisotopic (exact) mass is 458 g/mol. The van der Waals surface area contributed by atoms with Gasteiger partial charge in [0.2, 0.25) is 0 Å². The van der Waals surface area contributed by atoms with Crippen LogP contribution in [0.25, 0.3) is 0 Å². The molecule has 33 heavy (non-hydrogen) atoms. The fraction of sp³-hybridized carbons (Fsp3) is 0.692.